The second-order valence-corrected chi connectivity index (χ2v) is 14.5. The lowest BCUT2D eigenvalue weighted by Crippen LogP contribution is -2.25. The van der Waals surface area contributed by atoms with Crippen molar-refractivity contribution in [2.75, 3.05) is 31.4 Å². The first-order valence-corrected chi connectivity index (χ1v) is 19.4. The molecule has 0 radical (unpaired) electrons. The van der Waals surface area contributed by atoms with Crippen LogP contribution in [0.4, 0.5) is 11.4 Å². The average Bonchev–Trinajstić information content (AvgIpc) is 3.87. The lowest BCUT2D eigenvalue weighted by molar-refractivity contribution is 0.0997. The van der Waals surface area contributed by atoms with Gasteiger partial charge in [0.15, 0.2) is 22.7 Å². The summed E-state index contributed by atoms with van der Waals surface area (Å²) >= 11 is 0. The van der Waals surface area contributed by atoms with E-state index in [4.69, 9.17) is 13.9 Å². The van der Waals surface area contributed by atoms with E-state index in [0.717, 1.165) is 60.1 Å². The Balaban J connectivity index is 0.975. The standard InChI is InChI=1S/C47H43N7O6/c1-30-48-20-22-54(30)36-16-11-32(12-17-36)28-53(29-33-13-18-40-34(23-33)27-49-52(40)2)21-19-31-9-14-35(15-10-31)50-46(56)38-24-43(58-3)44(59-4)25-39(38)51-47(57)45-26-41(55)37-7-5-6-8-42(37)60-45/h5-18,20,22-27H,19,21,28-29H2,1-4H3,(H,50,56)(H,51,57). The molecule has 0 aliphatic carbocycles. The van der Waals surface area contributed by atoms with Crippen molar-refractivity contribution in [1.29, 1.82) is 0 Å². The van der Waals surface area contributed by atoms with E-state index in [1.807, 2.05) is 55.3 Å². The van der Waals surface area contributed by atoms with Crippen LogP contribution in [0.5, 0.6) is 11.5 Å². The minimum Gasteiger partial charge on any atom is -0.493 e. The SMILES string of the molecule is COc1cc(NC(=O)c2cc(=O)c3ccccc3o2)c(C(=O)Nc2ccc(CCN(Cc3ccc(-n4ccnc4C)cc3)Cc3ccc4c(cnn4C)c3)cc2)cc1OC. The molecule has 13 nitrogen and oxygen atoms in total. The Kier molecular flexibility index (Phi) is 11.2. The Bertz CT molecular complexity index is 2900. The molecule has 2 amide bonds. The minimum atomic E-state index is -0.711. The molecule has 2 N–H and O–H groups in total. The van der Waals surface area contributed by atoms with Crippen LogP contribution in [-0.4, -0.2) is 56.8 Å². The molecule has 3 aromatic heterocycles. The largest absolute Gasteiger partial charge is 0.493 e. The molecule has 0 saturated heterocycles. The zero-order chi connectivity index (χ0) is 41.8. The van der Waals surface area contributed by atoms with Crippen molar-refractivity contribution in [2.24, 2.45) is 7.05 Å². The summed E-state index contributed by atoms with van der Waals surface area (Å²) in [6.45, 7) is 4.27. The van der Waals surface area contributed by atoms with Gasteiger partial charge < -0.3 is 29.1 Å². The number of rotatable bonds is 14. The van der Waals surface area contributed by atoms with Gasteiger partial charge in [0.05, 0.1) is 42.6 Å². The van der Waals surface area contributed by atoms with Gasteiger partial charge in [-0.3, -0.25) is 24.0 Å². The van der Waals surface area contributed by atoms with Crippen molar-refractivity contribution >= 4 is 45.1 Å². The fourth-order valence-corrected chi connectivity index (χ4v) is 7.27. The van der Waals surface area contributed by atoms with Gasteiger partial charge in [-0.15, -0.1) is 0 Å². The highest BCUT2D eigenvalue weighted by Crippen LogP contribution is 2.34. The zero-order valence-corrected chi connectivity index (χ0v) is 33.6. The number of imidazole rings is 1. The lowest BCUT2D eigenvalue weighted by atomic mass is 10.1. The number of nitrogens with zero attached hydrogens (tertiary/aromatic N) is 5. The maximum absolute atomic E-state index is 13.8. The van der Waals surface area contributed by atoms with Crippen molar-refractivity contribution in [3.05, 3.63) is 172 Å². The summed E-state index contributed by atoms with van der Waals surface area (Å²) in [5.74, 6) is 0.109. The first-order valence-electron chi connectivity index (χ1n) is 19.4. The second kappa shape index (κ2) is 17.1. The molecule has 0 unspecified atom stereocenters. The predicted octanol–water partition coefficient (Wildman–Crippen LogP) is 7.94. The van der Waals surface area contributed by atoms with E-state index in [0.29, 0.717) is 22.6 Å². The van der Waals surface area contributed by atoms with Crippen LogP contribution >= 0.6 is 0 Å². The fraction of sp³-hybridized carbons (Fsp3) is 0.170. The van der Waals surface area contributed by atoms with Gasteiger partial charge >= 0.3 is 0 Å². The molecule has 13 heteroatoms. The van der Waals surface area contributed by atoms with E-state index in [2.05, 4.69) is 72.6 Å². The van der Waals surface area contributed by atoms with Crippen LogP contribution in [-0.2, 0) is 26.6 Å². The number of para-hydroxylation sites is 1. The Morgan fingerprint density at radius 3 is 2.27 bits per heavy atom. The van der Waals surface area contributed by atoms with Crippen LogP contribution in [0.3, 0.4) is 0 Å². The van der Waals surface area contributed by atoms with Gasteiger partial charge in [0, 0.05) is 68.0 Å². The maximum Gasteiger partial charge on any atom is 0.291 e. The van der Waals surface area contributed by atoms with Gasteiger partial charge in [-0.2, -0.15) is 5.10 Å². The van der Waals surface area contributed by atoms with Crippen LogP contribution in [0.2, 0.25) is 0 Å². The van der Waals surface area contributed by atoms with Gasteiger partial charge in [0.1, 0.15) is 11.4 Å². The monoisotopic (exact) mass is 801 g/mol. The van der Waals surface area contributed by atoms with E-state index < -0.39 is 11.8 Å². The number of methoxy groups -OCH3 is 2. The van der Waals surface area contributed by atoms with Gasteiger partial charge in [-0.1, -0.05) is 42.5 Å². The minimum absolute atomic E-state index is 0.113. The van der Waals surface area contributed by atoms with Crippen LogP contribution in [0.1, 0.15) is 43.4 Å². The Hall–Kier alpha value is -7.51. The number of nitrogens with one attached hydrogen (secondary N) is 2. The number of anilines is 2. The number of hydrogen-bond acceptors (Lipinski definition) is 9. The molecule has 0 fully saturated rings. The third kappa shape index (κ3) is 8.52. The number of carbonyl (C=O) groups is 2. The first-order chi connectivity index (χ1) is 29.1. The van der Waals surface area contributed by atoms with Crippen LogP contribution in [0, 0.1) is 6.92 Å². The van der Waals surface area contributed by atoms with Crippen LogP contribution in [0.15, 0.2) is 137 Å². The number of ether oxygens (including phenoxy) is 2. The van der Waals surface area contributed by atoms with Crippen LogP contribution < -0.4 is 25.5 Å². The predicted molar refractivity (Wildman–Crippen MR) is 231 cm³/mol. The molecule has 0 saturated carbocycles. The molecule has 8 aromatic rings. The van der Waals surface area contributed by atoms with Gasteiger partial charge in [0.25, 0.3) is 11.8 Å². The molecule has 8 rings (SSSR count). The number of aromatic nitrogens is 4. The molecule has 0 bridgehead atoms. The number of hydrogen-bond donors (Lipinski definition) is 2. The van der Waals surface area contributed by atoms with E-state index in [1.165, 1.54) is 37.5 Å². The number of amides is 2. The molecule has 0 spiro atoms. The molecular weight excluding hydrogens is 759 g/mol. The van der Waals surface area contributed by atoms with E-state index in [-0.39, 0.29) is 28.0 Å². The van der Waals surface area contributed by atoms with E-state index >= 15 is 0 Å². The zero-order valence-electron chi connectivity index (χ0n) is 33.6. The summed E-state index contributed by atoms with van der Waals surface area (Å²) in [7, 11) is 4.86. The van der Waals surface area contributed by atoms with Crippen LogP contribution in [0.25, 0.3) is 27.6 Å². The van der Waals surface area contributed by atoms with Gasteiger partial charge in [-0.25, -0.2) is 4.98 Å². The molecule has 302 valence electrons. The second-order valence-electron chi connectivity index (χ2n) is 14.5. The fourth-order valence-electron chi connectivity index (χ4n) is 7.27. The van der Waals surface area contributed by atoms with Gasteiger partial charge in [0.2, 0.25) is 0 Å². The summed E-state index contributed by atoms with van der Waals surface area (Å²) in [5.41, 5.74) is 6.37. The molecule has 60 heavy (non-hydrogen) atoms. The molecule has 0 aliphatic heterocycles. The molecule has 5 aromatic carbocycles. The van der Waals surface area contributed by atoms with Crippen molar-refractivity contribution in [1.82, 2.24) is 24.2 Å². The quantitative estimate of drug-likeness (QED) is 0.112. The van der Waals surface area contributed by atoms with Crippen molar-refractivity contribution in [3.8, 4) is 17.2 Å². The number of fused-ring (bicyclic) bond motifs is 2. The summed E-state index contributed by atoms with van der Waals surface area (Å²) in [6.07, 6.45) is 6.44. The maximum atomic E-state index is 13.8. The third-order valence-corrected chi connectivity index (χ3v) is 10.5. The summed E-state index contributed by atoms with van der Waals surface area (Å²) < 4.78 is 20.6. The highest BCUT2D eigenvalue weighted by Gasteiger charge is 2.21. The molecular formula is C47H43N7O6. The highest BCUT2D eigenvalue weighted by molar-refractivity contribution is 6.12. The topological polar surface area (TPSA) is 146 Å². The van der Waals surface area contributed by atoms with Gasteiger partial charge in [-0.05, 0) is 84.6 Å². The smallest absolute Gasteiger partial charge is 0.291 e. The molecule has 0 aliphatic rings. The van der Waals surface area contributed by atoms with Crippen molar-refractivity contribution in [2.45, 2.75) is 26.4 Å². The summed E-state index contributed by atoms with van der Waals surface area (Å²) in [5, 5.41) is 11.5. The number of carbonyl (C=O) groups excluding carboxylic acids is 2. The summed E-state index contributed by atoms with van der Waals surface area (Å²) in [6, 6.07) is 33.5. The Morgan fingerprint density at radius 1 is 0.800 bits per heavy atom. The molecule has 0 atom stereocenters. The molecule has 3 heterocycles. The van der Waals surface area contributed by atoms with E-state index in [1.54, 1.807) is 30.5 Å². The van der Waals surface area contributed by atoms with E-state index in [9.17, 15) is 14.4 Å². The Morgan fingerprint density at radius 2 is 1.52 bits per heavy atom. The average molecular weight is 802 g/mol. The third-order valence-electron chi connectivity index (χ3n) is 10.5. The lowest BCUT2D eigenvalue weighted by Gasteiger charge is -2.23. The number of aryl methyl sites for hydroxylation is 2. The summed E-state index contributed by atoms with van der Waals surface area (Å²) in [4.78, 5) is 46.7. The number of benzene rings is 5. The highest BCUT2D eigenvalue weighted by atomic mass is 16.5. The normalized spacial score (nSPS) is 11.3. The van der Waals surface area contributed by atoms with Crippen molar-refractivity contribution in [3.63, 3.8) is 0 Å². The first kappa shape index (κ1) is 39.3. The van der Waals surface area contributed by atoms with Crippen molar-refractivity contribution < 1.29 is 23.5 Å². The Labute approximate surface area is 345 Å².